The summed E-state index contributed by atoms with van der Waals surface area (Å²) < 4.78 is 2.11. The molecule has 2 aromatic rings. The van der Waals surface area contributed by atoms with Gasteiger partial charge in [-0.3, -0.25) is 9.47 Å². The van der Waals surface area contributed by atoms with Gasteiger partial charge in [-0.15, -0.1) is 0 Å². The van der Waals surface area contributed by atoms with Crippen LogP contribution in [-0.4, -0.2) is 22.1 Å². The first kappa shape index (κ1) is 19.1. The number of allylic oxidation sites excluding steroid dienone is 2. The standard InChI is InChI=1S/C23H29ClN4/c1-3-4-7-14-27-22(25-20-8-5-6-9-20)15-17(2)28-16-21(26-23(27)28)18-10-12-19(24)13-11-18/h10-13,15-16,20,25H,2-9,14H2,1H3. The third-order valence-electron chi connectivity index (χ3n) is 5.66. The molecule has 28 heavy (non-hydrogen) atoms. The van der Waals surface area contributed by atoms with Crippen LogP contribution >= 0.6 is 11.6 Å². The van der Waals surface area contributed by atoms with Crippen molar-refractivity contribution in [2.75, 3.05) is 11.4 Å². The number of rotatable bonds is 7. The van der Waals surface area contributed by atoms with E-state index in [2.05, 4.69) is 40.6 Å². The highest BCUT2D eigenvalue weighted by Crippen LogP contribution is 2.33. The third-order valence-corrected chi connectivity index (χ3v) is 5.92. The minimum atomic E-state index is 0.560. The van der Waals surface area contributed by atoms with Crippen LogP contribution in [0.5, 0.6) is 0 Å². The Morgan fingerprint density at radius 1 is 1.18 bits per heavy atom. The Morgan fingerprint density at radius 2 is 1.93 bits per heavy atom. The third kappa shape index (κ3) is 3.97. The molecule has 0 amide bonds. The second kappa shape index (κ2) is 8.44. The Morgan fingerprint density at radius 3 is 2.64 bits per heavy atom. The average molecular weight is 397 g/mol. The number of hydrogen-bond acceptors (Lipinski definition) is 3. The number of aromatic nitrogens is 2. The summed E-state index contributed by atoms with van der Waals surface area (Å²) in [7, 11) is 0. The van der Waals surface area contributed by atoms with Crippen molar-refractivity contribution in [3.63, 3.8) is 0 Å². The molecule has 0 radical (unpaired) electrons. The van der Waals surface area contributed by atoms with Crippen LogP contribution in [0.4, 0.5) is 5.95 Å². The van der Waals surface area contributed by atoms with Crippen LogP contribution in [0.15, 0.2) is 48.9 Å². The van der Waals surface area contributed by atoms with Gasteiger partial charge in [0.1, 0.15) is 5.82 Å². The Hall–Kier alpha value is -2.20. The highest BCUT2D eigenvalue weighted by atomic mass is 35.5. The number of nitrogens with zero attached hydrogens (tertiary/aromatic N) is 3. The van der Waals surface area contributed by atoms with E-state index in [1.54, 1.807) is 0 Å². The Bertz CT molecular complexity index is 859. The van der Waals surface area contributed by atoms with E-state index < -0.39 is 0 Å². The van der Waals surface area contributed by atoms with Crippen molar-refractivity contribution in [1.82, 2.24) is 14.9 Å². The maximum atomic E-state index is 6.05. The Kier molecular flexibility index (Phi) is 5.77. The molecular formula is C23H29ClN4. The zero-order valence-corrected chi connectivity index (χ0v) is 17.4. The van der Waals surface area contributed by atoms with Crippen LogP contribution in [0.2, 0.25) is 5.02 Å². The van der Waals surface area contributed by atoms with E-state index in [0.29, 0.717) is 6.04 Å². The highest BCUT2D eigenvalue weighted by Gasteiger charge is 2.27. The molecule has 2 aliphatic rings. The van der Waals surface area contributed by atoms with E-state index in [1.807, 2.05) is 24.3 Å². The summed E-state index contributed by atoms with van der Waals surface area (Å²) in [6.45, 7) is 7.49. The van der Waals surface area contributed by atoms with Crippen LogP contribution in [-0.2, 0) is 0 Å². The largest absolute Gasteiger partial charge is 0.369 e. The molecule has 1 aliphatic carbocycles. The molecule has 4 rings (SSSR count). The molecule has 0 bridgehead atoms. The first-order valence-corrected chi connectivity index (χ1v) is 10.8. The van der Waals surface area contributed by atoms with Gasteiger partial charge >= 0.3 is 0 Å². The van der Waals surface area contributed by atoms with E-state index in [9.17, 15) is 0 Å². The van der Waals surface area contributed by atoms with Gasteiger partial charge in [0.05, 0.1) is 5.69 Å². The van der Waals surface area contributed by atoms with E-state index in [4.69, 9.17) is 16.6 Å². The number of hydrogen-bond donors (Lipinski definition) is 1. The summed E-state index contributed by atoms with van der Waals surface area (Å²) in [4.78, 5) is 7.33. The first-order valence-electron chi connectivity index (χ1n) is 10.5. The summed E-state index contributed by atoms with van der Waals surface area (Å²) in [5.41, 5.74) is 2.97. The molecule has 4 nitrogen and oxygen atoms in total. The topological polar surface area (TPSA) is 33.1 Å². The van der Waals surface area contributed by atoms with Crippen molar-refractivity contribution in [3.8, 4) is 11.3 Å². The summed E-state index contributed by atoms with van der Waals surface area (Å²) >= 11 is 6.05. The molecule has 148 valence electrons. The quantitative estimate of drug-likeness (QED) is 0.577. The summed E-state index contributed by atoms with van der Waals surface area (Å²) in [6, 6.07) is 8.42. The van der Waals surface area contributed by atoms with Crippen LogP contribution in [0.1, 0.15) is 51.9 Å². The fraction of sp³-hybridized carbons (Fsp3) is 0.435. The fourth-order valence-corrected chi connectivity index (χ4v) is 4.21. The van der Waals surface area contributed by atoms with Gasteiger partial charge < -0.3 is 5.32 Å². The lowest BCUT2D eigenvalue weighted by atomic mass is 10.2. The molecule has 0 unspecified atom stereocenters. The molecule has 0 atom stereocenters. The molecule has 5 heteroatoms. The van der Waals surface area contributed by atoms with Crippen molar-refractivity contribution in [1.29, 1.82) is 0 Å². The van der Waals surface area contributed by atoms with Crippen molar-refractivity contribution in [2.45, 2.75) is 57.9 Å². The van der Waals surface area contributed by atoms with Gasteiger partial charge in [0.25, 0.3) is 0 Å². The van der Waals surface area contributed by atoms with Gasteiger partial charge in [0, 0.05) is 41.1 Å². The van der Waals surface area contributed by atoms with Crippen molar-refractivity contribution < 1.29 is 0 Å². The van der Waals surface area contributed by atoms with E-state index in [1.165, 1.54) is 38.5 Å². The molecule has 1 N–H and O–H groups in total. The van der Waals surface area contributed by atoms with Gasteiger partial charge in [-0.1, -0.05) is 62.9 Å². The lowest BCUT2D eigenvalue weighted by molar-refractivity contribution is 0.556. The van der Waals surface area contributed by atoms with Gasteiger partial charge in [-0.2, -0.15) is 0 Å². The van der Waals surface area contributed by atoms with Gasteiger partial charge in [-0.05, 0) is 31.4 Å². The van der Waals surface area contributed by atoms with Gasteiger partial charge in [0.15, 0.2) is 0 Å². The molecule has 1 saturated carbocycles. The van der Waals surface area contributed by atoms with Crippen LogP contribution in [0.25, 0.3) is 17.0 Å². The van der Waals surface area contributed by atoms with E-state index in [0.717, 1.165) is 46.7 Å². The lowest BCUT2D eigenvalue weighted by Crippen LogP contribution is -2.40. The van der Waals surface area contributed by atoms with Gasteiger partial charge in [0.2, 0.25) is 5.95 Å². The van der Waals surface area contributed by atoms with Crippen LogP contribution in [0.3, 0.4) is 0 Å². The normalized spacial score (nSPS) is 17.0. The number of fused-ring (bicyclic) bond motifs is 1. The molecule has 1 aromatic heterocycles. The number of unbranched alkanes of at least 4 members (excludes halogenated alkanes) is 2. The summed E-state index contributed by atoms with van der Waals surface area (Å²) in [5.74, 6) is 2.10. The van der Waals surface area contributed by atoms with E-state index >= 15 is 0 Å². The molecular weight excluding hydrogens is 368 g/mol. The van der Waals surface area contributed by atoms with Gasteiger partial charge in [-0.25, -0.2) is 4.98 Å². The first-order chi connectivity index (χ1) is 13.7. The zero-order valence-electron chi connectivity index (χ0n) is 16.6. The van der Waals surface area contributed by atoms with Crippen LogP contribution in [0, 0.1) is 0 Å². The minimum Gasteiger partial charge on any atom is -0.369 e. The van der Waals surface area contributed by atoms with Crippen LogP contribution < -0.4 is 10.2 Å². The number of imidazole rings is 1. The Balaban J connectivity index is 1.65. The molecule has 1 aliphatic heterocycles. The van der Waals surface area contributed by atoms with E-state index in [-0.39, 0.29) is 0 Å². The number of halogens is 1. The molecule has 1 aromatic carbocycles. The minimum absolute atomic E-state index is 0.560. The predicted octanol–water partition coefficient (Wildman–Crippen LogP) is 6.06. The summed E-state index contributed by atoms with van der Waals surface area (Å²) in [6.07, 6.45) is 13.0. The average Bonchev–Trinajstić information content (AvgIpc) is 3.35. The second-order valence-electron chi connectivity index (χ2n) is 7.81. The zero-order chi connectivity index (χ0) is 19.5. The number of nitrogens with one attached hydrogen (secondary N) is 1. The highest BCUT2D eigenvalue weighted by molar-refractivity contribution is 6.30. The fourth-order valence-electron chi connectivity index (χ4n) is 4.08. The predicted molar refractivity (Wildman–Crippen MR) is 118 cm³/mol. The Labute approximate surface area is 172 Å². The van der Waals surface area contributed by atoms with Crippen molar-refractivity contribution in [3.05, 3.63) is 54.0 Å². The molecule has 0 spiro atoms. The molecule has 1 fully saturated rings. The number of benzene rings is 1. The second-order valence-corrected chi connectivity index (χ2v) is 8.24. The van der Waals surface area contributed by atoms with Crippen molar-refractivity contribution >= 4 is 23.2 Å². The lowest BCUT2D eigenvalue weighted by Gasteiger charge is -2.33. The molecule has 0 saturated heterocycles. The smallest absolute Gasteiger partial charge is 0.216 e. The molecule has 2 heterocycles. The monoisotopic (exact) mass is 396 g/mol. The number of anilines is 1. The maximum absolute atomic E-state index is 6.05. The summed E-state index contributed by atoms with van der Waals surface area (Å²) in [5, 5.41) is 4.52. The maximum Gasteiger partial charge on any atom is 0.216 e. The SMILES string of the molecule is C=C1C=C(NC2CCCC2)N(CCCCC)c2nc(-c3ccc(Cl)cc3)cn21. The van der Waals surface area contributed by atoms with Crippen molar-refractivity contribution in [2.24, 2.45) is 0 Å².